The molecule has 0 unspecified atom stereocenters. The predicted octanol–water partition coefficient (Wildman–Crippen LogP) is 4.24. The lowest BCUT2D eigenvalue weighted by atomic mass is 9.99. The Kier molecular flexibility index (Phi) is 5.10. The zero-order valence-electron chi connectivity index (χ0n) is 15.5. The Balaban J connectivity index is 1.44. The number of fused-ring (bicyclic) bond motifs is 1. The van der Waals surface area contributed by atoms with Crippen LogP contribution < -0.4 is 5.32 Å². The van der Waals surface area contributed by atoms with Gasteiger partial charge in [-0.2, -0.15) is 18.3 Å². The van der Waals surface area contributed by atoms with Gasteiger partial charge in [-0.3, -0.25) is 14.8 Å². The second-order valence-corrected chi connectivity index (χ2v) is 7.06. The number of hydrogen-bond acceptors (Lipinski definition) is 3. The first-order valence-electron chi connectivity index (χ1n) is 9.19. The number of aromatic amines is 1. The maximum absolute atomic E-state index is 12.7. The Hall–Kier alpha value is -3.13. The van der Waals surface area contributed by atoms with E-state index in [9.17, 15) is 18.0 Å². The number of hydrogen-bond donors (Lipinski definition) is 2. The van der Waals surface area contributed by atoms with Crippen molar-refractivity contribution in [2.24, 2.45) is 0 Å². The standard InChI is InChI=1S/C21H19F3N4O/c22-21(23,24)17-4-1-15(2-5-17)20(29)26-18-6-3-14-8-10-28(12-16(14)11-18)13-19-7-9-25-27-19/h1-7,9,11H,8,10,12-13H2,(H,25,27)(H,26,29). The second kappa shape index (κ2) is 7.71. The van der Waals surface area contributed by atoms with Crippen LogP contribution in [0.15, 0.2) is 54.7 Å². The van der Waals surface area contributed by atoms with Gasteiger partial charge in [0.15, 0.2) is 0 Å². The maximum Gasteiger partial charge on any atom is 0.416 e. The van der Waals surface area contributed by atoms with E-state index in [-0.39, 0.29) is 5.56 Å². The number of amides is 1. The molecule has 8 heteroatoms. The molecule has 0 fully saturated rings. The van der Waals surface area contributed by atoms with Gasteiger partial charge in [-0.05, 0) is 60.0 Å². The van der Waals surface area contributed by atoms with Crippen molar-refractivity contribution in [3.05, 3.63) is 82.7 Å². The van der Waals surface area contributed by atoms with Gasteiger partial charge in [-0.15, -0.1) is 0 Å². The summed E-state index contributed by atoms with van der Waals surface area (Å²) in [5.74, 6) is -0.441. The molecule has 2 aromatic carbocycles. The Labute approximate surface area is 165 Å². The Morgan fingerprint density at radius 2 is 1.90 bits per heavy atom. The summed E-state index contributed by atoms with van der Waals surface area (Å²) in [6, 6.07) is 11.9. The minimum atomic E-state index is -4.42. The van der Waals surface area contributed by atoms with Crippen molar-refractivity contribution in [3.63, 3.8) is 0 Å². The molecule has 2 N–H and O–H groups in total. The van der Waals surface area contributed by atoms with Gasteiger partial charge in [0.05, 0.1) is 5.56 Å². The number of anilines is 1. The predicted molar refractivity (Wildman–Crippen MR) is 102 cm³/mol. The molecule has 29 heavy (non-hydrogen) atoms. The lowest BCUT2D eigenvalue weighted by molar-refractivity contribution is -0.137. The van der Waals surface area contributed by atoms with E-state index in [0.717, 1.165) is 49.4 Å². The molecule has 0 bridgehead atoms. The molecule has 0 atom stereocenters. The molecule has 0 radical (unpaired) electrons. The maximum atomic E-state index is 12.7. The van der Waals surface area contributed by atoms with Crippen molar-refractivity contribution in [2.75, 3.05) is 11.9 Å². The van der Waals surface area contributed by atoms with Crippen LogP contribution in [0.25, 0.3) is 0 Å². The molecule has 150 valence electrons. The molecule has 3 aromatic rings. The number of rotatable bonds is 4. The quantitative estimate of drug-likeness (QED) is 0.689. The van der Waals surface area contributed by atoms with Gasteiger partial charge in [-0.25, -0.2) is 0 Å². The largest absolute Gasteiger partial charge is 0.416 e. The van der Waals surface area contributed by atoms with Crippen LogP contribution in [-0.2, 0) is 25.7 Å². The highest BCUT2D eigenvalue weighted by Gasteiger charge is 2.30. The van der Waals surface area contributed by atoms with Crippen LogP contribution in [0.5, 0.6) is 0 Å². The van der Waals surface area contributed by atoms with E-state index >= 15 is 0 Å². The number of alkyl halides is 3. The zero-order chi connectivity index (χ0) is 20.4. The molecule has 0 spiro atoms. The van der Waals surface area contributed by atoms with Gasteiger partial charge in [0.1, 0.15) is 0 Å². The smallest absolute Gasteiger partial charge is 0.322 e. The van der Waals surface area contributed by atoms with Crippen molar-refractivity contribution < 1.29 is 18.0 Å². The molecule has 0 saturated heterocycles. The van der Waals surface area contributed by atoms with E-state index in [1.165, 1.54) is 17.7 Å². The zero-order valence-corrected chi connectivity index (χ0v) is 15.5. The van der Waals surface area contributed by atoms with Gasteiger partial charge in [-0.1, -0.05) is 6.07 Å². The topological polar surface area (TPSA) is 61.0 Å². The molecule has 2 heterocycles. The number of carbonyl (C=O) groups is 1. The molecular formula is C21H19F3N4O. The van der Waals surface area contributed by atoms with E-state index < -0.39 is 17.6 Å². The minimum absolute atomic E-state index is 0.177. The van der Waals surface area contributed by atoms with E-state index in [4.69, 9.17) is 0 Å². The lowest BCUT2D eigenvalue weighted by Crippen LogP contribution is -2.30. The number of nitrogens with one attached hydrogen (secondary N) is 2. The van der Waals surface area contributed by atoms with Gasteiger partial charge in [0.25, 0.3) is 5.91 Å². The van der Waals surface area contributed by atoms with E-state index in [0.29, 0.717) is 5.69 Å². The van der Waals surface area contributed by atoms with Crippen LogP contribution in [0.2, 0.25) is 0 Å². The van der Waals surface area contributed by atoms with Crippen molar-refractivity contribution in [1.29, 1.82) is 0 Å². The normalized spacial score (nSPS) is 14.4. The van der Waals surface area contributed by atoms with Gasteiger partial charge >= 0.3 is 6.18 Å². The summed E-state index contributed by atoms with van der Waals surface area (Å²) in [5.41, 5.74) is 3.42. The first kappa shape index (κ1) is 19.2. The van der Waals surface area contributed by atoms with E-state index in [1.807, 2.05) is 24.3 Å². The number of H-pyrrole nitrogens is 1. The minimum Gasteiger partial charge on any atom is -0.322 e. The molecule has 0 saturated carbocycles. The monoisotopic (exact) mass is 400 g/mol. The molecule has 1 aliphatic heterocycles. The Morgan fingerprint density at radius 1 is 1.10 bits per heavy atom. The van der Waals surface area contributed by atoms with Gasteiger partial charge in [0.2, 0.25) is 0 Å². The molecular weight excluding hydrogens is 381 g/mol. The number of aromatic nitrogens is 2. The van der Waals surface area contributed by atoms with Gasteiger partial charge < -0.3 is 5.32 Å². The molecule has 1 amide bonds. The highest BCUT2D eigenvalue weighted by Crippen LogP contribution is 2.29. The third-order valence-electron chi connectivity index (χ3n) is 4.98. The van der Waals surface area contributed by atoms with Crippen LogP contribution >= 0.6 is 0 Å². The van der Waals surface area contributed by atoms with Crippen LogP contribution in [-0.4, -0.2) is 27.5 Å². The fourth-order valence-electron chi connectivity index (χ4n) is 3.46. The molecule has 5 nitrogen and oxygen atoms in total. The van der Waals surface area contributed by atoms with E-state index in [1.54, 1.807) is 6.20 Å². The average Bonchev–Trinajstić information content (AvgIpc) is 3.20. The van der Waals surface area contributed by atoms with Gasteiger partial charge in [0, 0.05) is 42.8 Å². The second-order valence-electron chi connectivity index (χ2n) is 7.06. The summed E-state index contributed by atoms with van der Waals surface area (Å²) in [4.78, 5) is 14.7. The molecule has 4 rings (SSSR count). The van der Waals surface area contributed by atoms with Crippen LogP contribution in [0.4, 0.5) is 18.9 Å². The fraction of sp³-hybridized carbons (Fsp3) is 0.238. The molecule has 1 aromatic heterocycles. The van der Waals surface area contributed by atoms with Crippen molar-refractivity contribution in [2.45, 2.75) is 25.7 Å². The fourth-order valence-corrected chi connectivity index (χ4v) is 3.46. The number of nitrogens with zero attached hydrogens (tertiary/aromatic N) is 2. The SMILES string of the molecule is O=C(Nc1ccc2c(c1)CN(Cc1ccn[nH]1)CC2)c1ccc(C(F)(F)F)cc1. The summed E-state index contributed by atoms with van der Waals surface area (Å²) < 4.78 is 38.0. The summed E-state index contributed by atoms with van der Waals surface area (Å²) in [7, 11) is 0. The first-order chi connectivity index (χ1) is 13.9. The number of carbonyl (C=O) groups excluding carboxylic acids is 1. The highest BCUT2D eigenvalue weighted by molar-refractivity contribution is 6.04. The summed E-state index contributed by atoms with van der Waals surface area (Å²) >= 11 is 0. The van der Waals surface area contributed by atoms with Crippen molar-refractivity contribution in [3.8, 4) is 0 Å². The van der Waals surface area contributed by atoms with Crippen LogP contribution in [0.1, 0.15) is 32.7 Å². The number of halogens is 3. The average molecular weight is 400 g/mol. The van der Waals surface area contributed by atoms with E-state index in [2.05, 4.69) is 20.4 Å². The lowest BCUT2D eigenvalue weighted by Gasteiger charge is -2.28. The Bertz CT molecular complexity index is 998. The first-order valence-corrected chi connectivity index (χ1v) is 9.19. The van der Waals surface area contributed by atoms with Crippen molar-refractivity contribution in [1.82, 2.24) is 15.1 Å². The summed E-state index contributed by atoms with van der Waals surface area (Å²) in [6.45, 7) is 2.45. The molecule has 0 aliphatic carbocycles. The number of benzene rings is 2. The third-order valence-corrected chi connectivity index (χ3v) is 4.98. The molecule has 1 aliphatic rings. The van der Waals surface area contributed by atoms with Crippen LogP contribution in [0, 0.1) is 0 Å². The Morgan fingerprint density at radius 3 is 2.59 bits per heavy atom. The third kappa shape index (κ3) is 4.48. The summed E-state index contributed by atoms with van der Waals surface area (Å²) in [5, 5.41) is 9.70. The summed E-state index contributed by atoms with van der Waals surface area (Å²) in [6.07, 6.45) is -1.78. The van der Waals surface area contributed by atoms with Crippen LogP contribution in [0.3, 0.4) is 0 Å². The van der Waals surface area contributed by atoms with Crippen molar-refractivity contribution >= 4 is 11.6 Å². The highest BCUT2D eigenvalue weighted by atomic mass is 19.4.